The lowest BCUT2D eigenvalue weighted by Gasteiger charge is -2.30. The van der Waals surface area contributed by atoms with Gasteiger partial charge in [0.2, 0.25) is 0 Å². The molecule has 0 saturated carbocycles. The van der Waals surface area contributed by atoms with Crippen LogP contribution < -0.4 is 4.31 Å². The molecule has 1 atom stereocenters. The molecule has 24 heavy (non-hydrogen) atoms. The Morgan fingerprint density at radius 3 is 2.04 bits per heavy atom. The number of benzene rings is 2. The number of carboxylic acid groups (broad SMARTS) is 1. The van der Waals surface area contributed by atoms with Crippen LogP contribution in [0.3, 0.4) is 0 Å². The molecule has 0 fully saturated rings. The van der Waals surface area contributed by atoms with Crippen molar-refractivity contribution in [2.75, 3.05) is 4.31 Å². The van der Waals surface area contributed by atoms with Crippen LogP contribution in [0.4, 0.5) is 10.1 Å². The molecule has 0 aliphatic heterocycles. The molecule has 0 amide bonds. The molecule has 0 aromatic heterocycles. The van der Waals surface area contributed by atoms with Gasteiger partial charge >= 0.3 is 5.97 Å². The summed E-state index contributed by atoms with van der Waals surface area (Å²) in [6.45, 7) is 4.73. The van der Waals surface area contributed by atoms with Crippen LogP contribution >= 0.6 is 0 Å². The molecule has 0 aliphatic carbocycles. The average Bonchev–Trinajstić information content (AvgIpc) is 2.50. The normalized spacial score (nSPS) is 12.7. The Kier molecular flexibility index (Phi) is 4.94. The van der Waals surface area contributed by atoms with Gasteiger partial charge in [-0.2, -0.15) is 0 Å². The number of halogens is 1. The van der Waals surface area contributed by atoms with E-state index in [-0.39, 0.29) is 4.90 Å². The largest absolute Gasteiger partial charge is 0.480 e. The molecule has 128 valence electrons. The standard InChI is InChI=1S/C17H18FNO4S/c1-11-5-4-6-12(2)16(11)19(13(3)17(20)21)24(22,23)15-9-7-14(18)8-10-15/h4-10,13H,1-3H3,(H,20,21). The van der Waals surface area contributed by atoms with Crippen molar-refractivity contribution in [1.82, 2.24) is 0 Å². The van der Waals surface area contributed by atoms with Crippen molar-refractivity contribution < 1.29 is 22.7 Å². The first-order valence-corrected chi connectivity index (χ1v) is 8.69. The van der Waals surface area contributed by atoms with Gasteiger partial charge in [0.1, 0.15) is 11.9 Å². The number of aliphatic carboxylic acids is 1. The lowest BCUT2D eigenvalue weighted by atomic mass is 10.1. The summed E-state index contributed by atoms with van der Waals surface area (Å²) < 4.78 is 40.1. The summed E-state index contributed by atoms with van der Waals surface area (Å²) in [5, 5.41) is 9.38. The van der Waals surface area contributed by atoms with E-state index in [0.29, 0.717) is 16.8 Å². The fraction of sp³-hybridized carbons (Fsp3) is 0.235. The number of para-hydroxylation sites is 1. The minimum Gasteiger partial charge on any atom is -0.480 e. The Morgan fingerprint density at radius 1 is 1.08 bits per heavy atom. The van der Waals surface area contributed by atoms with Gasteiger partial charge in [-0.05, 0) is 56.2 Å². The van der Waals surface area contributed by atoms with Gasteiger partial charge in [-0.3, -0.25) is 4.31 Å². The number of nitrogens with zero attached hydrogens (tertiary/aromatic N) is 1. The number of aryl methyl sites for hydroxylation is 2. The molecule has 0 heterocycles. The first-order valence-electron chi connectivity index (χ1n) is 7.25. The third-order valence-electron chi connectivity index (χ3n) is 3.74. The monoisotopic (exact) mass is 351 g/mol. The SMILES string of the molecule is Cc1cccc(C)c1N(C(C)C(=O)O)S(=O)(=O)c1ccc(F)cc1. The van der Waals surface area contributed by atoms with Gasteiger partial charge in [0.25, 0.3) is 10.0 Å². The highest BCUT2D eigenvalue weighted by Crippen LogP contribution is 2.32. The maximum Gasteiger partial charge on any atom is 0.327 e. The lowest BCUT2D eigenvalue weighted by molar-refractivity contribution is -0.137. The number of sulfonamides is 1. The molecule has 2 aromatic carbocycles. The minimum atomic E-state index is -4.17. The Bertz CT molecular complexity index is 842. The topological polar surface area (TPSA) is 74.7 Å². The smallest absolute Gasteiger partial charge is 0.327 e. The van der Waals surface area contributed by atoms with Crippen LogP contribution in [0.2, 0.25) is 0 Å². The number of hydrogen-bond acceptors (Lipinski definition) is 3. The van der Waals surface area contributed by atoms with Gasteiger partial charge in [-0.15, -0.1) is 0 Å². The molecule has 1 unspecified atom stereocenters. The molecular formula is C17H18FNO4S. The predicted octanol–water partition coefficient (Wildman–Crippen LogP) is 3.11. The minimum absolute atomic E-state index is 0.167. The van der Waals surface area contributed by atoms with Gasteiger partial charge in [-0.1, -0.05) is 18.2 Å². The fourth-order valence-electron chi connectivity index (χ4n) is 2.50. The lowest BCUT2D eigenvalue weighted by Crippen LogP contribution is -2.44. The Labute approximate surface area is 140 Å². The van der Waals surface area contributed by atoms with Crippen LogP contribution in [0.15, 0.2) is 47.4 Å². The summed E-state index contributed by atoms with van der Waals surface area (Å²) in [5.41, 5.74) is 1.58. The molecule has 0 bridgehead atoms. The number of anilines is 1. The van der Waals surface area contributed by atoms with E-state index in [2.05, 4.69) is 0 Å². The highest BCUT2D eigenvalue weighted by Gasteiger charge is 2.35. The van der Waals surface area contributed by atoms with E-state index in [1.54, 1.807) is 32.0 Å². The molecule has 2 aromatic rings. The van der Waals surface area contributed by atoms with Gasteiger partial charge in [0.05, 0.1) is 10.6 Å². The van der Waals surface area contributed by atoms with Crippen molar-refractivity contribution in [2.45, 2.75) is 31.7 Å². The van der Waals surface area contributed by atoms with Crippen LogP contribution in [0.25, 0.3) is 0 Å². The van der Waals surface area contributed by atoms with Crippen LogP contribution in [0, 0.1) is 19.7 Å². The van der Waals surface area contributed by atoms with E-state index in [1.165, 1.54) is 6.92 Å². The van der Waals surface area contributed by atoms with E-state index < -0.39 is 27.9 Å². The molecule has 0 radical (unpaired) electrons. The van der Waals surface area contributed by atoms with Crippen molar-refractivity contribution in [3.8, 4) is 0 Å². The van der Waals surface area contributed by atoms with Crippen LogP contribution in [-0.4, -0.2) is 25.5 Å². The first kappa shape index (κ1) is 17.9. The molecule has 0 saturated heterocycles. The highest BCUT2D eigenvalue weighted by molar-refractivity contribution is 7.93. The zero-order valence-corrected chi connectivity index (χ0v) is 14.3. The number of rotatable bonds is 5. The van der Waals surface area contributed by atoms with E-state index in [9.17, 15) is 22.7 Å². The van der Waals surface area contributed by atoms with Crippen molar-refractivity contribution in [1.29, 1.82) is 0 Å². The molecule has 1 N–H and O–H groups in total. The summed E-state index contributed by atoms with van der Waals surface area (Å²) in [7, 11) is -4.17. The molecule has 5 nitrogen and oxygen atoms in total. The first-order chi connectivity index (χ1) is 11.2. The van der Waals surface area contributed by atoms with Crippen molar-refractivity contribution >= 4 is 21.7 Å². The third-order valence-corrected chi connectivity index (χ3v) is 5.62. The zero-order chi connectivity index (χ0) is 18.1. The second-order valence-electron chi connectivity index (χ2n) is 5.51. The van der Waals surface area contributed by atoms with E-state index >= 15 is 0 Å². The average molecular weight is 351 g/mol. The van der Waals surface area contributed by atoms with E-state index in [1.807, 2.05) is 0 Å². The Balaban J connectivity index is 2.71. The number of carboxylic acids is 1. The third kappa shape index (κ3) is 3.26. The summed E-state index contributed by atoms with van der Waals surface area (Å²) in [6, 6.07) is 8.18. The predicted molar refractivity (Wildman–Crippen MR) is 89.1 cm³/mol. The zero-order valence-electron chi connectivity index (χ0n) is 13.5. The highest BCUT2D eigenvalue weighted by atomic mass is 32.2. The molecule has 0 spiro atoms. The number of hydrogen-bond donors (Lipinski definition) is 1. The van der Waals surface area contributed by atoms with Crippen LogP contribution in [0.5, 0.6) is 0 Å². The van der Waals surface area contributed by atoms with E-state index in [4.69, 9.17) is 0 Å². The van der Waals surface area contributed by atoms with Gasteiger partial charge in [-0.25, -0.2) is 17.6 Å². The second kappa shape index (κ2) is 6.60. The van der Waals surface area contributed by atoms with Crippen molar-refractivity contribution in [2.24, 2.45) is 0 Å². The van der Waals surface area contributed by atoms with Crippen LogP contribution in [-0.2, 0) is 14.8 Å². The van der Waals surface area contributed by atoms with Gasteiger partial charge < -0.3 is 5.11 Å². The Morgan fingerprint density at radius 2 is 1.58 bits per heavy atom. The van der Waals surface area contributed by atoms with Gasteiger partial charge in [0.15, 0.2) is 0 Å². The summed E-state index contributed by atoms with van der Waals surface area (Å²) in [4.78, 5) is 11.3. The molecular weight excluding hydrogens is 333 g/mol. The summed E-state index contributed by atoms with van der Waals surface area (Å²) in [5.74, 6) is -1.85. The van der Waals surface area contributed by atoms with E-state index in [0.717, 1.165) is 28.6 Å². The number of carbonyl (C=O) groups is 1. The second-order valence-corrected chi connectivity index (χ2v) is 7.32. The molecule has 7 heteroatoms. The fourth-order valence-corrected chi connectivity index (χ4v) is 4.24. The summed E-state index contributed by atoms with van der Waals surface area (Å²) in [6.07, 6.45) is 0. The summed E-state index contributed by atoms with van der Waals surface area (Å²) >= 11 is 0. The van der Waals surface area contributed by atoms with Gasteiger partial charge in [0, 0.05) is 0 Å². The molecule has 2 rings (SSSR count). The maximum absolute atomic E-state index is 13.1. The van der Waals surface area contributed by atoms with Crippen LogP contribution in [0.1, 0.15) is 18.1 Å². The maximum atomic E-state index is 13.1. The quantitative estimate of drug-likeness (QED) is 0.898. The van der Waals surface area contributed by atoms with Crippen molar-refractivity contribution in [3.05, 3.63) is 59.4 Å². The Hall–Kier alpha value is -2.41. The molecule has 0 aliphatic rings. The van der Waals surface area contributed by atoms with Crippen molar-refractivity contribution in [3.63, 3.8) is 0 Å².